The van der Waals surface area contributed by atoms with Gasteiger partial charge < -0.3 is 72.9 Å². The number of amides is 6. The fourth-order valence-corrected chi connectivity index (χ4v) is 19.3. The number of nitrogens with zero attached hydrogens (tertiary/aromatic N) is 6. The Morgan fingerprint density at radius 3 is 1.25 bits per heavy atom. The number of nitrogens with one attached hydrogen (secondary N) is 12. The average Bonchev–Trinajstić information content (AvgIpc) is 1.61. The summed E-state index contributed by atoms with van der Waals surface area (Å²) in [4.78, 5) is 75.9. The summed E-state index contributed by atoms with van der Waals surface area (Å²) in [6.45, 7) is 18.5. The van der Waals surface area contributed by atoms with Gasteiger partial charge in [0.05, 0.1) is 103 Å². The summed E-state index contributed by atoms with van der Waals surface area (Å²) in [5.74, 6) is 0.199. The maximum Gasteiger partial charge on any atom is 0.226 e. The Kier molecular flexibility index (Phi) is 30.8. The van der Waals surface area contributed by atoms with Gasteiger partial charge in [0.2, 0.25) is 35.4 Å². The maximum absolute atomic E-state index is 12.0. The number of aryl methyl sites for hydroxylation is 2. The van der Waals surface area contributed by atoms with E-state index in [1.165, 1.54) is 33.8 Å². The van der Waals surface area contributed by atoms with Crippen molar-refractivity contribution in [3.05, 3.63) is 337 Å². The van der Waals surface area contributed by atoms with Gasteiger partial charge in [0.25, 0.3) is 0 Å². The standard InChI is InChI=1S/C22H20N2O.C21H23N3O.C20H21N3O3S.C19H17N3O.C19H20N2O.C18H17N5O/c1-15-14-21(25)24-20-9-5-8-19(22(20)23-15)18-12-10-17(11-13-18)16-6-3-2-4-7-16;1-13(2)24-10-9-16-12-15(7-8-19(16)24)17-5-4-6-18-21(17)22-14(3)11-20(25)23-18;1-12-9-19(24)22-17-6-4-5-15(20(17)21-12)16-11-23(2)18-10-13(27(3,25)26)7-8-14(16)18;1-13-11-18(23)22-17-4-2-3-16(19(17)21-13)10-9-14-5-7-15(12-20)8-6-14;1-13-6-8-15(9-7-13)10-11-16-4-3-5-17-19(16)20-14(2)12-18(22)21-17;1-12-8-17(24)22-16-6-2-5-15(18(16)21-12)13-9-20-23(11-13)14-4-3-7-19-10-14/h2-13,15,23H,14H2,1H3,(H,24,25);4-10,12-14,22H,11H2,1-3H3,(H,23,25);4-8,10-12,21H,9H2,1-3H3,(H,22,24);2-10,13,21H,11H2,1H3,(H,22,23);3-11,14,20H,12H2,1-2H3,(H,21,22);2-7,9-12,21H,8H2,1H3,(H,22,24)/b;;;10-9+;11-10+;/t15-;14-;12-;13-;14-;12-/m111111/s1. The third-order valence-corrected chi connectivity index (χ3v) is 26.9. The highest BCUT2D eigenvalue weighted by Crippen LogP contribution is 2.45. The summed E-state index contributed by atoms with van der Waals surface area (Å²) in [5, 5.41) is 54.0. The Morgan fingerprint density at radius 2 is 0.795 bits per heavy atom. The van der Waals surface area contributed by atoms with Gasteiger partial charge in [-0.05, 0) is 198 Å². The molecule has 0 unspecified atom stereocenters. The summed E-state index contributed by atoms with van der Waals surface area (Å²) in [7, 11) is -1.37. The fraction of sp³-hybridized carbons (Fsp3) is 0.202. The van der Waals surface area contributed by atoms with E-state index >= 15 is 0 Å². The van der Waals surface area contributed by atoms with Crippen LogP contribution < -0.4 is 63.8 Å². The molecule has 738 valence electrons. The van der Waals surface area contributed by atoms with Crippen molar-refractivity contribution in [1.29, 1.82) is 5.26 Å². The minimum absolute atomic E-state index is 0.0124. The van der Waals surface area contributed by atoms with E-state index in [1.54, 1.807) is 41.3 Å². The predicted molar refractivity (Wildman–Crippen MR) is 594 cm³/mol. The molecule has 12 N–H and O–H groups in total. The first-order valence-corrected chi connectivity index (χ1v) is 51.0. The van der Waals surface area contributed by atoms with Crippen molar-refractivity contribution in [2.24, 2.45) is 7.05 Å². The van der Waals surface area contributed by atoms with Gasteiger partial charge in [-0.15, -0.1) is 0 Å². The molecule has 27 heteroatoms. The number of pyridine rings is 1. The zero-order valence-electron chi connectivity index (χ0n) is 83.3. The second-order valence-electron chi connectivity index (χ2n) is 38.1. The third-order valence-electron chi connectivity index (χ3n) is 25.8. The molecule has 26 nitrogen and oxygen atoms in total. The first kappa shape index (κ1) is 100. The van der Waals surface area contributed by atoms with E-state index in [1.807, 2.05) is 223 Å². The molecule has 0 bridgehead atoms. The van der Waals surface area contributed by atoms with Crippen LogP contribution in [0, 0.1) is 18.3 Å². The topological polar surface area (TPSA) is 345 Å². The van der Waals surface area contributed by atoms with E-state index in [2.05, 4.69) is 227 Å². The highest BCUT2D eigenvalue weighted by atomic mass is 32.2. The second kappa shape index (κ2) is 44.8. The van der Waals surface area contributed by atoms with Crippen LogP contribution in [0.4, 0.5) is 68.2 Å². The molecule has 0 spiro atoms. The van der Waals surface area contributed by atoms with E-state index in [9.17, 15) is 37.2 Å². The van der Waals surface area contributed by atoms with Gasteiger partial charge in [-0.25, -0.2) is 13.1 Å². The van der Waals surface area contributed by atoms with Crippen LogP contribution >= 0.6 is 0 Å². The number of carbonyl (C=O) groups excluding carboxylic acids is 6. The van der Waals surface area contributed by atoms with Crippen LogP contribution in [0.3, 0.4) is 0 Å². The highest BCUT2D eigenvalue weighted by molar-refractivity contribution is 7.90. The molecule has 6 aliphatic rings. The molecule has 0 saturated carbocycles. The number of rotatable bonds is 12. The summed E-state index contributed by atoms with van der Waals surface area (Å²) in [5.41, 5.74) is 30.7. The van der Waals surface area contributed by atoms with Crippen LogP contribution in [0.1, 0.15) is 133 Å². The first-order chi connectivity index (χ1) is 70.4. The molecule has 22 rings (SSSR count). The van der Waals surface area contributed by atoms with Crippen LogP contribution in [0.25, 0.3) is 107 Å². The van der Waals surface area contributed by atoms with Gasteiger partial charge in [0.15, 0.2) is 9.84 Å². The lowest BCUT2D eigenvalue weighted by molar-refractivity contribution is -0.117. The molecule has 16 aromatic rings. The fourth-order valence-electron chi connectivity index (χ4n) is 18.7. The number of sulfone groups is 1. The predicted octanol–water partition coefficient (Wildman–Crippen LogP) is 24.8. The summed E-state index contributed by atoms with van der Waals surface area (Å²) < 4.78 is 29.8. The molecule has 146 heavy (non-hydrogen) atoms. The molecule has 0 aliphatic carbocycles. The molecule has 4 aromatic heterocycles. The van der Waals surface area contributed by atoms with Crippen LogP contribution in [0.15, 0.2) is 309 Å². The number of carbonyl (C=O) groups is 6. The number of hydrogen-bond acceptors (Lipinski definition) is 17. The summed E-state index contributed by atoms with van der Waals surface area (Å²) in [6.07, 6.45) is 23.6. The number of nitriles is 1. The Labute approximate surface area is 850 Å². The smallest absolute Gasteiger partial charge is 0.226 e. The molecule has 0 fully saturated rings. The van der Waals surface area contributed by atoms with Gasteiger partial charge in [0, 0.05) is 174 Å². The van der Waals surface area contributed by atoms with E-state index in [-0.39, 0.29) is 71.7 Å². The van der Waals surface area contributed by atoms with Crippen molar-refractivity contribution in [3.8, 4) is 67.4 Å². The lowest BCUT2D eigenvalue weighted by Gasteiger charge is -2.17. The van der Waals surface area contributed by atoms with Crippen molar-refractivity contribution >= 4 is 160 Å². The van der Waals surface area contributed by atoms with E-state index in [4.69, 9.17) is 5.26 Å². The van der Waals surface area contributed by atoms with Crippen LogP contribution in [-0.2, 0) is 45.7 Å². The summed E-state index contributed by atoms with van der Waals surface area (Å²) in [6, 6.07) is 91.1. The molecule has 6 aliphatic heterocycles. The number of benzene rings is 12. The Bertz CT molecular complexity index is 7800. The van der Waals surface area contributed by atoms with Gasteiger partial charge in [0.1, 0.15) is 0 Å². The minimum Gasteiger partial charge on any atom is -0.380 e. The van der Waals surface area contributed by atoms with E-state index in [0.717, 1.165) is 152 Å². The largest absolute Gasteiger partial charge is 0.380 e. The Morgan fingerprint density at radius 1 is 0.384 bits per heavy atom. The van der Waals surface area contributed by atoms with Crippen molar-refractivity contribution in [2.45, 2.75) is 148 Å². The molecule has 0 radical (unpaired) electrons. The molecule has 0 saturated heterocycles. The van der Waals surface area contributed by atoms with Crippen LogP contribution in [-0.4, -0.2) is 110 Å². The molecule has 6 atom stereocenters. The number of hydrogen-bond donors (Lipinski definition) is 12. The van der Waals surface area contributed by atoms with Gasteiger partial charge >= 0.3 is 0 Å². The Hall–Kier alpha value is -17.4. The number of anilines is 12. The number of para-hydroxylation sites is 6. The average molecular weight is 1960 g/mol. The van der Waals surface area contributed by atoms with Gasteiger partial charge in [-0.2, -0.15) is 10.4 Å². The summed E-state index contributed by atoms with van der Waals surface area (Å²) >= 11 is 0. The van der Waals surface area contributed by atoms with Crippen LogP contribution in [0.2, 0.25) is 0 Å². The first-order valence-electron chi connectivity index (χ1n) is 49.1. The lowest BCUT2D eigenvalue weighted by Crippen LogP contribution is -2.19. The second-order valence-corrected chi connectivity index (χ2v) is 40.1. The minimum atomic E-state index is -3.27. The highest BCUT2D eigenvalue weighted by Gasteiger charge is 2.29. The molecule has 12 aromatic carbocycles. The molecular formula is C119H118N18O8S. The van der Waals surface area contributed by atoms with Gasteiger partial charge in [-0.1, -0.05) is 206 Å². The van der Waals surface area contributed by atoms with Crippen molar-refractivity contribution < 1.29 is 37.2 Å². The zero-order chi connectivity index (χ0) is 102. The van der Waals surface area contributed by atoms with Crippen molar-refractivity contribution in [2.75, 3.05) is 70.1 Å². The van der Waals surface area contributed by atoms with Gasteiger partial charge in [-0.3, -0.25) is 33.8 Å². The van der Waals surface area contributed by atoms with E-state index in [0.29, 0.717) is 55.0 Å². The molecular weight excluding hydrogens is 1840 g/mol. The lowest BCUT2D eigenvalue weighted by atomic mass is 9.98. The quantitative estimate of drug-likeness (QED) is 0.0506. The SMILES string of the molecule is CC(C)n1ccc2cc(-c3cccc4c3N[C@H](C)CC(=O)N4)ccc21.C[C@@H]1CC(=O)Nc2cccc(-c3ccc(-c4ccccc4)cc3)c2N1.C[C@@H]1CC(=O)Nc2cccc(-c3cn(C)c4cc(S(C)(=O)=O)ccc34)c2N1.C[C@@H]1CC(=O)Nc2cccc(-c3cnn(-c4cccnc4)c3)c2N1.C[C@@H]1CC(=O)Nc2cccc(/C=C/c3ccc(C#N)cc3)c2N1.Cc1ccc(/C=C/c2cccc3c2N[C@H](C)CC(=O)N3)cc1. The monoisotopic (exact) mass is 1960 g/mol. The Balaban J connectivity index is 0.000000120. The van der Waals surface area contributed by atoms with Crippen molar-refractivity contribution in [3.63, 3.8) is 0 Å². The molecule has 6 amide bonds. The number of fused-ring (bicyclic) bond motifs is 8. The number of aromatic nitrogens is 5. The zero-order valence-corrected chi connectivity index (χ0v) is 84.1. The van der Waals surface area contributed by atoms with Crippen LogP contribution in [0.5, 0.6) is 0 Å². The normalized spacial score (nSPS) is 17.0. The van der Waals surface area contributed by atoms with E-state index < -0.39 is 9.84 Å². The van der Waals surface area contributed by atoms with Crippen molar-refractivity contribution in [1.82, 2.24) is 23.9 Å². The molecule has 10 heterocycles. The maximum atomic E-state index is 12.0. The third kappa shape index (κ3) is 24.3.